The number of hydrogen-bond donors (Lipinski definition) is 1. The molecule has 1 heterocycles. The van der Waals surface area contributed by atoms with Crippen LogP contribution >= 0.6 is 0 Å². The summed E-state index contributed by atoms with van der Waals surface area (Å²) < 4.78 is 5.30. The van der Waals surface area contributed by atoms with Crippen molar-refractivity contribution >= 4 is 17.7 Å². The van der Waals surface area contributed by atoms with Crippen LogP contribution in [-0.2, 0) is 19.1 Å². The van der Waals surface area contributed by atoms with E-state index in [1.807, 2.05) is 6.92 Å². The Morgan fingerprint density at radius 3 is 2.50 bits per heavy atom. The van der Waals surface area contributed by atoms with Gasteiger partial charge in [-0.1, -0.05) is 19.1 Å². The third-order valence-electron chi connectivity index (χ3n) is 5.26. The van der Waals surface area contributed by atoms with E-state index in [1.165, 1.54) is 4.90 Å². The van der Waals surface area contributed by atoms with Crippen molar-refractivity contribution in [3.63, 3.8) is 0 Å². The molecule has 132 valence electrons. The molecule has 1 saturated heterocycles. The third-order valence-corrected chi connectivity index (χ3v) is 5.26. The van der Waals surface area contributed by atoms with Crippen molar-refractivity contribution in [2.45, 2.75) is 32.6 Å². The van der Waals surface area contributed by atoms with Crippen LogP contribution in [0.1, 0.15) is 32.6 Å². The first-order valence-corrected chi connectivity index (χ1v) is 9.01. The molecular weight excluding hydrogens is 308 g/mol. The molecule has 1 aliphatic heterocycles. The number of carbonyl (C=O) groups excluding carboxylic acids is 3. The molecule has 4 atom stereocenters. The highest BCUT2D eigenvalue weighted by Crippen LogP contribution is 2.52. The zero-order valence-corrected chi connectivity index (χ0v) is 14.2. The minimum absolute atomic E-state index is 0.0322. The average molecular weight is 334 g/mol. The highest BCUT2D eigenvalue weighted by Gasteiger charge is 2.58. The van der Waals surface area contributed by atoms with E-state index >= 15 is 0 Å². The molecule has 0 aromatic rings. The molecule has 0 aromatic carbocycles. The van der Waals surface area contributed by atoms with E-state index in [1.54, 1.807) is 0 Å². The second-order valence-corrected chi connectivity index (χ2v) is 6.89. The van der Waals surface area contributed by atoms with Gasteiger partial charge >= 0.3 is 0 Å². The summed E-state index contributed by atoms with van der Waals surface area (Å²) in [7, 11) is 0. The number of rotatable bonds is 9. The fraction of sp³-hybridized carbons (Fsp3) is 0.722. The molecule has 0 aromatic heterocycles. The van der Waals surface area contributed by atoms with Gasteiger partial charge < -0.3 is 10.1 Å². The van der Waals surface area contributed by atoms with Gasteiger partial charge in [0.1, 0.15) is 0 Å². The quantitative estimate of drug-likeness (QED) is 0.389. The van der Waals surface area contributed by atoms with Crippen LogP contribution in [0, 0.1) is 23.7 Å². The topological polar surface area (TPSA) is 75.7 Å². The SMILES string of the molecule is CCCOCCNC(=O)CCCN1C(=O)[C@@H]2[C@H](C1=O)[C@H]1C=C[C@@H]2C1. The van der Waals surface area contributed by atoms with E-state index in [0.29, 0.717) is 39.1 Å². The van der Waals surface area contributed by atoms with Gasteiger partial charge in [0.2, 0.25) is 17.7 Å². The minimum atomic E-state index is -0.142. The maximum absolute atomic E-state index is 12.5. The molecule has 6 nitrogen and oxygen atoms in total. The standard InChI is InChI=1S/C18H26N2O4/c1-2-9-24-10-7-19-14(21)4-3-8-20-17(22)15-12-5-6-13(11-12)16(15)18(20)23/h5-6,12-13,15-16H,2-4,7-11H2,1H3,(H,19,21)/t12-,13+,15+,16-. The summed E-state index contributed by atoms with van der Waals surface area (Å²) in [5, 5.41) is 2.79. The third kappa shape index (κ3) is 3.24. The molecule has 2 aliphatic carbocycles. The van der Waals surface area contributed by atoms with Crippen LogP contribution in [0.5, 0.6) is 0 Å². The molecule has 6 heteroatoms. The number of nitrogens with one attached hydrogen (secondary N) is 1. The molecule has 3 rings (SSSR count). The van der Waals surface area contributed by atoms with E-state index in [4.69, 9.17) is 4.74 Å². The van der Waals surface area contributed by atoms with Gasteiger partial charge in [0.05, 0.1) is 18.4 Å². The van der Waals surface area contributed by atoms with Crippen molar-refractivity contribution in [1.82, 2.24) is 10.2 Å². The van der Waals surface area contributed by atoms with Gasteiger partial charge in [-0.3, -0.25) is 19.3 Å². The van der Waals surface area contributed by atoms with E-state index in [0.717, 1.165) is 12.8 Å². The zero-order valence-electron chi connectivity index (χ0n) is 14.2. The van der Waals surface area contributed by atoms with Crippen LogP contribution in [0.2, 0.25) is 0 Å². The molecule has 2 fully saturated rings. The summed E-state index contributed by atoms with van der Waals surface area (Å²) in [6, 6.07) is 0. The lowest BCUT2D eigenvalue weighted by atomic mass is 9.85. The van der Waals surface area contributed by atoms with Gasteiger partial charge in [0.15, 0.2) is 0 Å². The van der Waals surface area contributed by atoms with Crippen LogP contribution in [0.4, 0.5) is 0 Å². The Kier molecular flexibility index (Phi) is 5.33. The van der Waals surface area contributed by atoms with E-state index in [9.17, 15) is 14.4 Å². The lowest BCUT2D eigenvalue weighted by Gasteiger charge is -2.16. The van der Waals surface area contributed by atoms with Crippen LogP contribution < -0.4 is 5.32 Å². The van der Waals surface area contributed by atoms with Crippen molar-refractivity contribution < 1.29 is 19.1 Å². The van der Waals surface area contributed by atoms with Crippen molar-refractivity contribution in [2.24, 2.45) is 23.7 Å². The predicted octanol–water partition coefficient (Wildman–Crippen LogP) is 1.12. The smallest absolute Gasteiger partial charge is 0.233 e. The first-order valence-electron chi connectivity index (χ1n) is 9.01. The number of hydrogen-bond acceptors (Lipinski definition) is 4. The largest absolute Gasteiger partial charge is 0.380 e. The fourth-order valence-electron chi connectivity index (χ4n) is 4.18. The van der Waals surface area contributed by atoms with Crippen LogP contribution in [0.15, 0.2) is 12.2 Å². The molecular formula is C18H26N2O4. The molecule has 24 heavy (non-hydrogen) atoms. The van der Waals surface area contributed by atoms with Gasteiger partial charge in [0, 0.05) is 26.1 Å². The van der Waals surface area contributed by atoms with Gasteiger partial charge in [-0.05, 0) is 31.1 Å². The number of carbonyl (C=O) groups is 3. The Morgan fingerprint density at radius 1 is 1.21 bits per heavy atom. The highest BCUT2D eigenvalue weighted by molar-refractivity contribution is 6.06. The Labute approximate surface area is 142 Å². The molecule has 1 saturated carbocycles. The van der Waals surface area contributed by atoms with Gasteiger partial charge in [-0.15, -0.1) is 0 Å². The summed E-state index contributed by atoms with van der Waals surface area (Å²) in [5.74, 6) is 0.0800. The van der Waals surface area contributed by atoms with E-state index in [2.05, 4.69) is 17.5 Å². The maximum atomic E-state index is 12.5. The molecule has 0 radical (unpaired) electrons. The molecule has 3 aliphatic rings. The number of ether oxygens (including phenoxy) is 1. The lowest BCUT2D eigenvalue weighted by molar-refractivity contribution is -0.141. The van der Waals surface area contributed by atoms with E-state index < -0.39 is 0 Å². The summed E-state index contributed by atoms with van der Waals surface area (Å²) >= 11 is 0. The molecule has 3 amide bonds. The molecule has 1 N–H and O–H groups in total. The van der Waals surface area contributed by atoms with E-state index in [-0.39, 0.29) is 41.4 Å². The average Bonchev–Trinajstić information content (AvgIpc) is 3.24. The van der Waals surface area contributed by atoms with Crippen molar-refractivity contribution in [3.05, 3.63) is 12.2 Å². The summed E-state index contributed by atoms with van der Waals surface area (Å²) in [6.07, 6.45) is 6.93. The van der Waals surface area contributed by atoms with Gasteiger partial charge in [-0.2, -0.15) is 0 Å². The van der Waals surface area contributed by atoms with Gasteiger partial charge in [-0.25, -0.2) is 0 Å². The monoisotopic (exact) mass is 334 g/mol. The second kappa shape index (κ2) is 7.47. The fourth-order valence-corrected chi connectivity index (χ4v) is 4.18. The van der Waals surface area contributed by atoms with Crippen LogP contribution in [0.25, 0.3) is 0 Å². The first kappa shape index (κ1) is 17.1. The van der Waals surface area contributed by atoms with Crippen LogP contribution in [-0.4, -0.2) is 48.9 Å². The predicted molar refractivity (Wildman–Crippen MR) is 87.8 cm³/mol. The second-order valence-electron chi connectivity index (χ2n) is 6.89. The highest BCUT2D eigenvalue weighted by atomic mass is 16.5. The molecule has 2 bridgehead atoms. The maximum Gasteiger partial charge on any atom is 0.233 e. The number of amides is 3. The zero-order chi connectivity index (χ0) is 17.1. The Balaban J connectivity index is 1.38. The van der Waals surface area contributed by atoms with Gasteiger partial charge in [0.25, 0.3) is 0 Å². The number of allylic oxidation sites excluding steroid dienone is 2. The Bertz CT molecular complexity index is 515. The summed E-state index contributed by atoms with van der Waals surface area (Å²) in [4.78, 5) is 38.1. The summed E-state index contributed by atoms with van der Waals surface area (Å²) in [5.41, 5.74) is 0. The van der Waals surface area contributed by atoms with Crippen molar-refractivity contribution in [2.75, 3.05) is 26.3 Å². The number of fused-ring (bicyclic) bond motifs is 5. The lowest BCUT2D eigenvalue weighted by Crippen LogP contribution is -2.35. The number of nitrogens with zero attached hydrogens (tertiary/aromatic N) is 1. The van der Waals surface area contributed by atoms with Crippen molar-refractivity contribution in [1.29, 1.82) is 0 Å². The summed E-state index contributed by atoms with van der Waals surface area (Å²) in [6.45, 7) is 4.11. The number of likely N-dealkylation sites (tertiary alicyclic amines) is 1. The Morgan fingerprint density at radius 2 is 1.88 bits per heavy atom. The van der Waals surface area contributed by atoms with Crippen molar-refractivity contribution in [3.8, 4) is 0 Å². The van der Waals surface area contributed by atoms with Crippen LogP contribution in [0.3, 0.4) is 0 Å². The number of imide groups is 1. The first-order chi connectivity index (χ1) is 11.6. The molecule has 0 spiro atoms. The minimum Gasteiger partial charge on any atom is -0.380 e. The normalized spacial score (nSPS) is 30.3. The Hall–Kier alpha value is -1.69. The molecule has 0 unspecified atom stereocenters.